The molecule has 5 nitrogen and oxygen atoms in total. The van der Waals surface area contributed by atoms with Crippen LogP contribution in [0.5, 0.6) is 0 Å². The van der Waals surface area contributed by atoms with Gasteiger partial charge in [-0.25, -0.2) is 8.42 Å². The standard InChI is InChI=1S/C25H26N2O3S/c1-3-24(28)27-15-14-20-17-22(12-13-23(20)27)31(29,30)26-25(19-9-5-4-6-10-19)21-11-7-8-18(2)16-21/h4-13,16-17,25-26H,3,14-15H2,1-2H3/t25-/m1/s1. The van der Waals surface area contributed by atoms with Gasteiger partial charge in [-0.1, -0.05) is 67.1 Å². The van der Waals surface area contributed by atoms with Crippen LogP contribution in [0.3, 0.4) is 0 Å². The summed E-state index contributed by atoms with van der Waals surface area (Å²) in [5, 5.41) is 0. The number of hydrogen-bond donors (Lipinski definition) is 1. The van der Waals surface area contributed by atoms with E-state index in [9.17, 15) is 13.2 Å². The number of aryl methyl sites for hydroxylation is 1. The molecule has 1 amide bonds. The van der Waals surface area contributed by atoms with Crippen molar-refractivity contribution in [3.63, 3.8) is 0 Å². The molecule has 3 aromatic rings. The van der Waals surface area contributed by atoms with Gasteiger partial charge in [-0.15, -0.1) is 0 Å². The number of sulfonamides is 1. The summed E-state index contributed by atoms with van der Waals surface area (Å²) in [4.78, 5) is 14.1. The second-order valence-electron chi connectivity index (χ2n) is 7.82. The molecule has 0 fully saturated rings. The largest absolute Gasteiger partial charge is 0.312 e. The Kier molecular flexibility index (Phi) is 5.94. The average Bonchev–Trinajstić information content (AvgIpc) is 3.21. The fourth-order valence-corrected chi connectivity index (χ4v) is 5.31. The second-order valence-corrected chi connectivity index (χ2v) is 9.53. The Bertz CT molecular complexity index is 1210. The molecule has 0 bridgehead atoms. The van der Waals surface area contributed by atoms with Crippen molar-refractivity contribution in [1.82, 2.24) is 4.72 Å². The van der Waals surface area contributed by atoms with Crippen LogP contribution in [0.15, 0.2) is 77.7 Å². The molecule has 6 heteroatoms. The molecular formula is C25H26N2O3S. The number of hydrogen-bond acceptors (Lipinski definition) is 3. The highest BCUT2D eigenvalue weighted by atomic mass is 32.2. The predicted octanol–water partition coefficient (Wildman–Crippen LogP) is 4.36. The third-order valence-corrected chi connectivity index (χ3v) is 7.06. The van der Waals surface area contributed by atoms with E-state index < -0.39 is 16.1 Å². The smallest absolute Gasteiger partial charge is 0.241 e. The maximum Gasteiger partial charge on any atom is 0.241 e. The van der Waals surface area contributed by atoms with Gasteiger partial charge in [-0.3, -0.25) is 4.79 Å². The monoisotopic (exact) mass is 434 g/mol. The minimum absolute atomic E-state index is 0.0519. The molecular weight excluding hydrogens is 408 g/mol. The molecule has 0 spiro atoms. The number of carbonyl (C=O) groups excluding carboxylic acids is 1. The van der Waals surface area contributed by atoms with Gasteiger partial charge in [0.1, 0.15) is 0 Å². The number of amides is 1. The zero-order chi connectivity index (χ0) is 22.0. The molecule has 1 aliphatic rings. The number of anilines is 1. The summed E-state index contributed by atoms with van der Waals surface area (Å²) in [6.07, 6.45) is 1.08. The van der Waals surface area contributed by atoms with Gasteiger partial charge in [-0.05, 0) is 48.2 Å². The molecule has 0 aliphatic carbocycles. The zero-order valence-electron chi connectivity index (χ0n) is 17.7. The lowest BCUT2D eigenvalue weighted by Gasteiger charge is -2.21. The van der Waals surface area contributed by atoms with Gasteiger partial charge in [0.2, 0.25) is 15.9 Å². The van der Waals surface area contributed by atoms with E-state index in [1.54, 1.807) is 23.1 Å². The Balaban J connectivity index is 1.68. The van der Waals surface area contributed by atoms with Crippen molar-refractivity contribution in [2.75, 3.05) is 11.4 Å². The highest BCUT2D eigenvalue weighted by Crippen LogP contribution is 2.32. The van der Waals surface area contributed by atoms with Crippen LogP contribution < -0.4 is 9.62 Å². The van der Waals surface area contributed by atoms with E-state index in [0.29, 0.717) is 19.4 Å². The molecule has 0 saturated heterocycles. The first kappa shape index (κ1) is 21.3. The van der Waals surface area contributed by atoms with Crippen LogP contribution >= 0.6 is 0 Å². The summed E-state index contributed by atoms with van der Waals surface area (Å²) in [5.74, 6) is 0.0519. The van der Waals surface area contributed by atoms with Crippen LogP contribution in [0.25, 0.3) is 0 Å². The third kappa shape index (κ3) is 4.40. The maximum atomic E-state index is 13.4. The van der Waals surface area contributed by atoms with E-state index in [2.05, 4.69) is 4.72 Å². The molecule has 1 N–H and O–H groups in total. The molecule has 4 rings (SSSR count). The lowest BCUT2D eigenvalue weighted by Crippen LogP contribution is -2.30. The van der Waals surface area contributed by atoms with Crippen molar-refractivity contribution in [1.29, 1.82) is 0 Å². The summed E-state index contributed by atoms with van der Waals surface area (Å²) < 4.78 is 29.6. The van der Waals surface area contributed by atoms with E-state index in [4.69, 9.17) is 0 Å². The first-order valence-corrected chi connectivity index (χ1v) is 11.9. The summed E-state index contributed by atoms with van der Waals surface area (Å²) in [7, 11) is -3.79. The highest BCUT2D eigenvalue weighted by molar-refractivity contribution is 7.89. The van der Waals surface area contributed by atoms with Gasteiger partial charge < -0.3 is 4.90 Å². The van der Waals surface area contributed by atoms with E-state index in [1.807, 2.05) is 68.4 Å². The van der Waals surface area contributed by atoms with Crippen molar-refractivity contribution in [2.24, 2.45) is 0 Å². The molecule has 1 atom stereocenters. The minimum atomic E-state index is -3.79. The van der Waals surface area contributed by atoms with Crippen molar-refractivity contribution in [3.05, 3.63) is 95.1 Å². The number of carbonyl (C=O) groups is 1. The van der Waals surface area contributed by atoms with Gasteiger partial charge in [0.15, 0.2) is 0 Å². The zero-order valence-corrected chi connectivity index (χ0v) is 18.5. The molecule has 160 valence electrons. The number of nitrogens with zero attached hydrogens (tertiary/aromatic N) is 1. The first-order valence-electron chi connectivity index (χ1n) is 10.5. The Morgan fingerprint density at radius 3 is 2.45 bits per heavy atom. The molecule has 1 heterocycles. The predicted molar refractivity (Wildman–Crippen MR) is 123 cm³/mol. The van der Waals surface area contributed by atoms with Gasteiger partial charge in [0.05, 0.1) is 10.9 Å². The van der Waals surface area contributed by atoms with E-state index in [-0.39, 0.29) is 10.8 Å². The Morgan fingerprint density at radius 2 is 1.74 bits per heavy atom. The normalized spacial score (nSPS) is 14.3. The Labute approximate surface area is 183 Å². The van der Waals surface area contributed by atoms with Gasteiger partial charge in [-0.2, -0.15) is 4.72 Å². The van der Waals surface area contributed by atoms with Crippen LogP contribution in [-0.4, -0.2) is 20.9 Å². The van der Waals surface area contributed by atoms with Crippen LogP contribution in [0, 0.1) is 6.92 Å². The molecule has 0 aromatic heterocycles. The van der Waals surface area contributed by atoms with Crippen LogP contribution in [-0.2, 0) is 21.2 Å². The Morgan fingerprint density at radius 1 is 1.00 bits per heavy atom. The minimum Gasteiger partial charge on any atom is -0.312 e. The lowest BCUT2D eigenvalue weighted by molar-refractivity contribution is -0.118. The van der Waals surface area contributed by atoms with Gasteiger partial charge in [0, 0.05) is 18.7 Å². The van der Waals surface area contributed by atoms with Gasteiger partial charge >= 0.3 is 0 Å². The first-order chi connectivity index (χ1) is 14.9. The van der Waals surface area contributed by atoms with Crippen LogP contribution in [0.1, 0.15) is 41.6 Å². The fourth-order valence-electron chi connectivity index (χ4n) is 4.04. The number of fused-ring (bicyclic) bond motifs is 1. The average molecular weight is 435 g/mol. The second kappa shape index (κ2) is 8.65. The number of nitrogens with one attached hydrogen (secondary N) is 1. The highest BCUT2D eigenvalue weighted by Gasteiger charge is 2.27. The SMILES string of the molecule is CCC(=O)N1CCc2cc(S(=O)(=O)N[C@H](c3ccccc3)c3cccc(C)c3)ccc21. The fraction of sp³-hybridized carbons (Fsp3) is 0.240. The molecule has 0 saturated carbocycles. The van der Waals surface area contributed by atoms with E-state index >= 15 is 0 Å². The van der Waals surface area contributed by atoms with Crippen molar-refractivity contribution in [2.45, 2.75) is 37.6 Å². The third-order valence-electron chi connectivity index (χ3n) is 5.64. The van der Waals surface area contributed by atoms with E-state index in [1.165, 1.54) is 0 Å². The summed E-state index contributed by atoms with van der Waals surface area (Å²) in [6.45, 7) is 4.41. The van der Waals surface area contributed by atoms with Gasteiger partial charge in [0.25, 0.3) is 0 Å². The number of rotatable bonds is 6. The molecule has 1 aliphatic heterocycles. The van der Waals surface area contributed by atoms with Crippen molar-refractivity contribution >= 4 is 21.6 Å². The molecule has 0 unspecified atom stereocenters. The lowest BCUT2D eigenvalue weighted by atomic mass is 9.98. The summed E-state index contributed by atoms with van der Waals surface area (Å²) in [6, 6.07) is 21.9. The molecule has 31 heavy (non-hydrogen) atoms. The van der Waals surface area contributed by atoms with Crippen LogP contribution in [0.2, 0.25) is 0 Å². The van der Waals surface area contributed by atoms with Crippen LogP contribution in [0.4, 0.5) is 5.69 Å². The molecule has 3 aromatic carbocycles. The molecule has 0 radical (unpaired) electrons. The summed E-state index contributed by atoms with van der Waals surface area (Å²) >= 11 is 0. The number of benzene rings is 3. The van der Waals surface area contributed by atoms with Crippen molar-refractivity contribution < 1.29 is 13.2 Å². The van der Waals surface area contributed by atoms with E-state index in [0.717, 1.165) is 27.9 Å². The Hall–Kier alpha value is -2.96. The summed E-state index contributed by atoms with van der Waals surface area (Å²) in [5.41, 5.74) is 4.52. The maximum absolute atomic E-state index is 13.4. The topological polar surface area (TPSA) is 66.5 Å². The van der Waals surface area contributed by atoms with Crippen molar-refractivity contribution in [3.8, 4) is 0 Å². The quantitative estimate of drug-likeness (QED) is 0.627.